The smallest absolute Gasteiger partial charge is 0.478 e. The van der Waals surface area contributed by atoms with E-state index < -0.39 is 12.3 Å². The van der Waals surface area contributed by atoms with Gasteiger partial charge in [0.05, 0.1) is 0 Å². The Balaban J connectivity index is 2.14. The predicted octanol–water partition coefficient (Wildman–Crippen LogP) is 3.94. The third kappa shape index (κ3) is 4.41. The molecule has 110 valence electrons. The summed E-state index contributed by atoms with van der Waals surface area (Å²) in [6, 6.07) is 8.28. The van der Waals surface area contributed by atoms with E-state index in [4.69, 9.17) is 9.52 Å². The van der Waals surface area contributed by atoms with E-state index in [-0.39, 0.29) is 5.75 Å². The summed E-state index contributed by atoms with van der Waals surface area (Å²) in [6.45, 7) is 0. The van der Waals surface area contributed by atoms with Crippen LogP contribution in [0.5, 0.6) is 5.75 Å². The van der Waals surface area contributed by atoms with Crippen molar-refractivity contribution in [2.45, 2.75) is 6.36 Å². The minimum absolute atomic E-state index is 0.322. The zero-order chi connectivity index (χ0) is 15.5. The average molecular weight is 298 g/mol. The molecule has 0 aliphatic heterocycles. The van der Waals surface area contributed by atoms with Crippen LogP contribution >= 0.6 is 0 Å². The SMILES string of the molecule is O=C(O)C=Cc1ccc(-c2ccc(OC(F)(F)F)cc2)o1. The third-order valence-electron chi connectivity index (χ3n) is 2.39. The number of benzene rings is 1. The fourth-order valence-corrected chi connectivity index (χ4v) is 1.57. The Bertz CT molecular complexity index is 654. The van der Waals surface area contributed by atoms with E-state index in [0.29, 0.717) is 17.1 Å². The molecule has 21 heavy (non-hydrogen) atoms. The number of halogens is 3. The quantitative estimate of drug-likeness (QED) is 0.868. The fraction of sp³-hybridized carbons (Fsp3) is 0.0714. The van der Waals surface area contributed by atoms with Crippen molar-refractivity contribution in [3.8, 4) is 17.1 Å². The summed E-state index contributed by atoms with van der Waals surface area (Å²) in [5.41, 5.74) is 0.541. The maximum Gasteiger partial charge on any atom is 0.573 e. The van der Waals surface area contributed by atoms with Crippen molar-refractivity contribution in [3.05, 3.63) is 48.2 Å². The van der Waals surface area contributed by atoms with Gasteiger partial charge in [-0.1, -0.05) is 0 Å². The van der Waals surface area contributed by atoms with Gasteiger partial charge in [0.15, 0.2) is 0 Å². The minimum Gasteiger partial charge on any atom is -0.478 e. The van der Waals surface area contributed by atoms with Crippen molar-refractivity contribution in [3.63, 3.8) is 0 Å². The number of furan rings is 1. The standard InChI is InChI=1S/C14H9F3O4/c15-14(16,17)21-11-3-1-9(2-4-11)12-7-5-10(20-12)6-8-13(18)19/h1-8H,(H,18,19). The van der Waals surface area contributed by atoms with Crippen LogP contribution in [-0.4, -0.2) is 17.4 Å². The topological polar surface area (TPSA) is 59.7 Å². The number of carboxylic acids is 1. The molecule has 2 rings (SSSR count). The van der Waals surface area contributed by atoms with Crippen molar-refractivity contribution >= 4 is 12.0 Å². The maximum absolute atomic E-state index is 12.0. The van der Waals surface area contributed by atoms with Gasteiger partial charge in [-0.3, -0.25) is 0 Å². The van der Waals surface area contributed by atoms with Gasteiger partial charge in [0.2, 0.25) is 0 Å². The highest BCUT2D eigenvalue weighted by Crippen LogP contribution is 2.27. The van der Waals surface area contributed by atoms with Gasteiger partial charge in [0, 0.05) is 11.6 Å². The van der Waals surface area contributed by atoms with E-state index in [9.17, 15) is 18.0 Å². The number of rotatable bonds is 4. The van der Waals surface area contributed by atoms with Crippen LogP contribution in [0, 0.1) is 0 Å². The number of aliphatic carboxylic acids is 1. The van der Waals surface area contributed by atoms with Gasteiger partial charge in [-0.2, -0.15) is 0 Å². The lowest BCUT2D eigenvalue weighted by atomic mass is 10.2. The van der Waals surface area contributed by atoms with E-state index in [2.05, 4.69) is 4.74 Å². The molecule has 4 nitrogen and oxygen atoms in total. The molecule has 0 amide bonds. The number of carbonyl (C=O) groups is 1. The molecule has 7 heteroatoms. The van der Waals surface area contributed by atoms with Gasteiger partial charge in [0.1, 0.15) is 17.3 Å². The second-order valence-electron chi connectivity index (χ2n) is 3.95. The van der Waals surface area contributed by atoms with Crippen molar-refractivity contribution in [1.29, 1.82) is 0 Å². The van der Waals surface area contributed by atoms with Crippen molar-refractivity contribution in [2.75, 3.05) is 0 Å². The van der Waals surface area contributed by atoms with Crippen LogP contribution in [0.3, 0.4) is 0 Å². The maximum atomic E-state index is 12.0. The molecular weight excluding hydrogens is 289 g/mol. The average Bonchev–Trinajstić information content (AvgIpc) is 2.84. The summed E-state index contributed by atoms with van der Waals surface area (Å²) in [4.78, 5) is 10.4. The Kier molecular flexibility index (Phi) is 4.02. The first-order valence-corrected chi connectivity index (χ1v) is 5.70. The summed E-state index contributed by atoms with van der Waals surface area (Å²) >= 11 is 0. The second kappa shape index (κ2) is 5.74. The first kappa shape index (κ1) is 14.7. The van der Waals surface area contributed by atoms with Crippen LogP contribution in [-0.2, 0) is 4.79 Å². The molecule has 0 saturated heterocycles. The van der Waals surface area contributed by atoms with Gasteiger partial charge in [-0.05, 0) is 42.5 Å². The van der Waals surface area contributed by atoms with Crippen LogP contribution in [0.4, 0.5) is 13.2 Å². The van der Waals surface area contributed by atoms with Gasteiger partial charge in [-0.25, -0.2) is 4.79 Å². The summed E-state index contributed by atoms with van der Waals surface area (Å²) in [7, 11) is 0. The zero-order valence-electron chi connectivity index (χ0n) is 10.4. The molecule has 0 saturated carbocycles. The van der Waals surface area contributed by atoms with Crippen LogP contribution in [0.25, 0.3) is 17.4 Å². The first-order chi connectivity index (χ1) is 9.83. The Morgan fingerprint density at radius 3 is 2.38 bits per heavy atom. The van der Waals surface area contributed by atoms with E-state index in [1.54, 1.807) is 12.1 Å². The van der Waals surface area contributed by atoms with Gasteiger partial charge >= 0.3 is 12.3 Å². The van der Waals surface area contributed by atoms with Crippen molar-refractivity contribution in [1.82, 2.24) is 0 Å². The van der Waals surface area contributed by atoms with Crippen molar-refractivity contribution in [2.24, 2.45) is 0 Å². The van der Waals surface area contributed by atoms with E-state index in [0.717, 1.165) is 18.2 Å². The van der Waals surface area contributed by atoms with E-state index >= 15 is 0 Å². The highest BCUT2D eigenvalue weighted by molar-refractivity contribution is 5.84. The number of hydrogen-bond donors (Lipinski definition) is 1. The van der Waals surface area contributed by atoms with Crippen LogP contribution in [0.1, 0.15) is 5.76 Å². The molecule has 0 unspecified atom stereocenters. The third-order valence-corrected chi connectivity index (χ3v) is 2.39. The first-order valence-electron chi connectivity index (χ1n) is 5.70. The normalized spacial score (nSPS) is 11.8. The van der Waals surface area contributed by atoms with Gasteiger partial charge in [0.25, 0.3) is 0 Å². The van der Waals surface area contributed by atoms with Crippen molar-refractivity contribution < 1.29 is 32.2 Å². The zero-order valence-corrected chi connectivity index (χ0v) is 10.4. The molecule has 0 bridgehead atoms. The summed E-state index contributed by atoms with van der Waals surface area (Å²) in [5, 5.41) is 8.49. The van der Waals surface area contributed by atoms with Crippen LogP contribution < -0.4 is 4.74 Å². The van der Waals surface area contributed by atoms with Gasteiger partial charge < -0.3 is 14.3 Å². The lowest BCUT2D eigenvalue weighted by Gasteiger charge is -2.08. The fourth-order valence-electron chi connectivity index (χ4n) is 1.57. The number of carboxylic acid groups (broad SMARTS) is 1. The molecule has 1 N–H and O–H groups in total. The molecule has 1 aromatic heterocycles. The molecule has 0 atom stereocenters. The molecule has 0 fully saturated rings. The Morgan fingerprint density at radius 1 is 1.14 bits per heavy atom. The predicted molar refractivity (Wildman–Crippen MR) is 67.5 cm³/mol. The van der Waals surface area contributed by atoms with Crippen LogP contribution in [0.15, 0.2) is 46.9 Å². The monoisotopic (exact) mass is 298 g/mol. The number of ether oxygens (including phenoxy) is 1. The molecule has 1 heterocycles. The lowest BCUT2D eigenvalue weighted by molar-refractivity contribution is -0.274. The molecule has 2 aromatic rings. The summed E-state index contributed by atoms with van der Waals surface area (Å²) < 4.78 is 45.2. The lowest BCUT2D eigenvalue weighted by Crippen LogP contribution is -2.16. The van der Waals surface area contributed by atoms with Gasteiger partial charge in [-0.15, -0.1) is 13.2 Å². The number of hydrogen-bond acceptors (Lipinski definition) is 3. The highest BCUT2D eigenvalue weighted by Gasteiger charge is 2.30. The number of alkyl halides is 3. The Hall–Kier alpha value is -2.70. The molecule has 1 aromatic carbocycles. The highest BCUT2D eigenvalue weighted by atomic mass is 19.4. The van der Waals surface area contributed by atoms with Crippen LogP contribution in [0.2, 0.25) is 0 Å². The molecule has 0 spiro atoms. The molecule has 0 aliphatic rings. The Labute approximate surface area is 117 Å². The molecule has 0 aliphatic carbocycles. The molecular formula is C14H9F3O4. The Morgan fingerprint density at radius 2 is 1.81 bits per heavy atom. The minimum atomic E-state index is -4.74. The van der Waals surface area contributed by atoms with E-state index in [1.165, 1.54) is 18.2 Å². The summed E-state index contributed by atoms with van der Waals surface area (Å²) in [5.74, 6) is -0.716. The largest absolute Gasteiger partial charge is 0.573 e. The summed E-state index contributed by atoms with van der Waals surface area (Å²) in [6.07, 6.45) is -2.54. The molecule has 0 radical (unpaired) electrons. The second-order valence-corrected chi connectivity index (χ2v) is 3.95. The van der Waals surface area contributed by atoms with E-state index in [1.807, 2.05) is 0 Å².